The first-order valence-corrected chi connectivity index (χ1v) is 12.6. The molecule has 33 heavy (non-hydrogen) atoms. The Hall–Kier alpha value is -2.85. The van der Waals surface area contributed by atoms with Crippen molar-refractivity contribution in [2.45, 2.75) is 28.4 Å². The van der Waals surface area contributed by atoms with Gasteiger partial charge in [-0.1, -0.05) is 42.5 Å². The number of aliphatic hydroxyl groups is 1. The normalized spacial score (nSPS) is 13.3. The van der Waals surface area contributed by atoms with Gasteiger partial charge in [0.15, 0.2) is 0 Å². The standard InChI is InChI=1S/C24H25NO6S2/c1-31-20-11-7-17(8-12-20)18-9-13-22(14-10-18)33(29,30)25-23(24(27)28)15-19(26)16-32-21-5-3-2-4-6-21/h2-14,19,23,25-26H,15-16H2,1H3,(H,27,28). The number of hydrogen-bond acceptors (Lipinski definition) is 6. The van der Waals surface area contributed by atoms with Gasteiger partial charge in [-0.3, -0.25) is 4.79 Å². The number of sulfonamides is 1. The van der Waals surface area contributed by atoms with Gasteiger partial charge in [0, 0.05) is 17.1 Å². The second-order valence-electron chi connectivity index (χ2n) is 7.28. The van der Waals surface area contributed by atoms with E-state index in [4.69, 9.17) is 4.74 Å². The SMILES string of the molecule is COc1ccc(-c2ccc(S(=O)(=O)NC(CC(O)CSc3ccccc3)C(=O)O)cc2)cc1. The molecule has 9 heteroatoms. The van der Waals surface area contributed by atoms with Crippen molar-refractivity contribution in [2.75, 3.05) is 12.9 Å². The van der Waals surface area contributed by atoms with Crippen LogP contribution in [0.5, 0.6) is 5.75 Å². The summed E-state index contributed by atoms with van der Waals surface area (Å²) in [7, 11) is -2.52. The Labute approximate surface area is 197 Å². The molecule has 0 radical (unpaired) electrons. The van der Waals surface area contributed by atoms with Gasteiger partial charge < -0.3 is 14.9 Å². The van der Waals surface area contributed by atoms with Crippen molar-refractivity contribution in [3.63, 3.8) is 0 Å². The number of carboxylic acids is 1. The Kier molecular flexibility index (Phi) is 8.51. The largest absolute Gasteiger partial charge is 0.497 e. The number of aliphatic carboxylic acids is 1. The second kappa shape index (κ2) is 11.3. The van der Waals surface area contributed by atoms with Gasteiger partial charge in [-0.15, -0.1) is 11.8 Å². The van der Waals surface area contributed by atoms with Crippen LogP contribution in [-0.2, 0) is 14.8 Å². The van der Waals surface area contributed by atoms with E-state index in [1.807, 2.05) is 42.5 Å². The molecule has 3 aromatic rings. The summed E-state index contributed by atoms with van der Waals surface area (Å²) in [5.74, 6) is -0.394. The van der Waals surface area contributed by atoms with Crippen LogP contribution in [0.1, 0.15) is 6.42 Å². The van der Waals surface area contributed by atoms with Gasteiger partial charge in [0.25, 0.3) is 0 Å². The number of carboxylic acid groups (broad SMARTS) is 1. The summed E-state index contributed by atoms with van der Waals surface area (Å²) >= 11 is 1.37. The maximum atomic E-state index is 12.8. The van der Waals surface area contributed by atoms with Crippen LogP contribution in [0, 0.1) is 0 Å². The number of thioether (sulfide) groups is 1. The van der Waals surface area contributed by atoms with Crippen LogP contribution in [0.25, 0.3) is 11.1 Å². The van der Waals surface area contributed by atoms with Crippen LogP contribution >= 0.6 is 11.8 Å². The lowest BCUT2D eigenvalue weighted by atomic mass is 10.1. The highest BCUT2D eigenvalue weighted by atomic mass is 32.2. The Bertz CT molecular complexity index is 1150. The number of methoxy groups -OCH3 is 1. The summed E-state index contributed by atoms with van der Waals surface area (Å²) in [6, 6.07) is 21.4. The van der Waals surface area contributed by atoms with Gasteiger partial charge in [0.05, 0.1) is 18.1 Å². The van der Waals surface area contributed by atoms with Crippen molar-refractivity contribution in [3.05, 3.63) is 78.9 Å². The van der Waals surface area contributed by atoms with Gasteiger partial charge in [0.2, 0.25) is 10.0 Å². The minimum absolute atomic E-state index is 0.0563. The quantitative estimate of drug-likeness (QED) is 0.354. The van der Waals surface area contributed by atoms with E-state index in [9.17, 15) is 23.4 Å². The number of rotatable bonds is 11. The molecule has 0 amide bonds. The van der Waals surface area contributed by atoms with Crippen molar-refractivity contribution in [2.24, 2.45) is 0 Å². The van der Waals surface area contributed by atoms with E-state index in [1.165, 1.54) is 23.9 Å². The monoisotopic (exact) mass is 487 g/mol. The lowest BCUT2D eigenvalue weighted by Crippen LogP contribution is -2.43. The van der Waals surface area contributed by atoms with Gasteiger partial charge in [0.1, 0.15) is 11.8 Å². The maximum absolute atomic E-state index is 12.8. The highest BCUT2D eigenvalue weighted by Crippen LogP contribution is 2.24. The molecule has 0 saturated carbocycles. The molecule has 0 aliphatic heterocycles. The van der Waals surface area contributed by atoms with Crippen LogP contribution in [0.15, 0.2) is 88.7 Å². The number of carbonyl (C=O) groups is 1. The van der Waals surface area contributed by atoms with E-state index in [-0.39, 0.29) is 17.1 Å². The highest BCUT2D eigenvalue weighted by Gasteiger charge is 2.27. The third-order valence-electron chi connectivity index (χ3n) is 4.88. The summed E-state index contributed by atoms with van der Waals surface area (Å²) in [5, 5.41) is 19.8. The van der Waals surface area contributed by atoms with Crippen molar-refractivity contribution in [3.8, 4) is 16.9 Å². The van der Waals surface area contributed by atoms with Crippen LogP contribution < -0.4 is 9.46 Å². The molecule has 2 atom stereocenters. The van der Waals surface area contributed by atoms with Crippen molar-refractivity contribution in [1.82, 2.24) is 4.72 Å². The zero-order valence-corrected chi connectivity index (χ0v) is 19.6. The lowest BCUT2D eigenvalue weighted by molar-refractivity contribution is -0.139. The van der Waals surface area contributed by atoms with Gasteiger partial charge in [-0.2, -0.15) is 4.72 Å². The summed E-state index contributed by atoms with van der Waals surface area (Å²) < 4.78 is 32.9. The molecule has 3 N–H and O–H groups in total. The fourth-order valence-corrected chi connectivity index (χ4v) is 5.19. The zero-order chi connectivity index (χ0) is 23.8. The van der Waals surface area contributed by atoms with E-state index in [0.29, 0.717) is 5.75 Å². The Morgan fingerprint density at radius 1 is 0.970 bits per heavy atom. The molecular formula is C24H25NO6S2. The van der Waals surface area contributed by atoms with E-state index >= 15 is 0 Å². The Morgan fingerprint density at radius 3 is 2.09 bits per heavy atom. The summed E-state index contributed by atoms with van der Waals surface area (Å²) in [6.45, 7) is 0. The average Bonchev–Trinajstić information content (AvgIpc) is 2.83. The van der Waals surface area contributed by atoms with Gasteiger partial charge >= 0.3 is 5.97 Å². The molecule has 0 heterocycles. The molecule has 3 rings (SSSR count). The predicted molar refractivity (Wildman–Crippen MR) is 128 cm³/mol. The number of ether oxygens (including phenoxy) is 1. The van der Waals surface area contributed by atoms with Crippen molar-refractivity contribution in [1.29, 1.82) is 0 Å². The van der Waals surface area contributed by atoms with E-state index in [1.54, 1.807) is 31.4 Å². The molecule has 2 unspecified atom stereocenters. The summed E-state index contributed by atoms with van der Waals surface area (Å²) in [4.78, 5) is 12.5. The first-order chi connectivity index (χ1) is 15.8. The number of hydrogen-bond donors (Lipinski definition) is 3. The molecule has 174 valence electrons. The highest BCUT2D eigenvalue weighted by molar-refractivity contribution is 7.99. The summed E-state index contributed by atoms with van der Waals surface area (Å²) in [6.07, 6.45) is -1.25. The number of benzene rings is 3. The van der Waals surface area contributed by atoms with Crippen LogP contribution in [0.3, 0.4) is 0 Å². The number of nitrogens with one attached hydrogen (secondary N) is 1. The molecule has 0 aromatic heterocycles. The molecule has 0 bridgehead atoms. The van der Waals surface area contributed by atoms with E-state index in [2.05, 4.69) is 4.72 Å². The molecule has 0 spiro atoms. The summed E-state index contributed by atoms with van der Waals surface area (Å²) in [5.41, 5.74) is 1.69. The zero-order valence-electron chi connectivity index (χ0n) is 17.9. The molecule has 0 saturated heterocycles. The van der Waals surface area contributed by atoms with Crippen molar-refractivity contribution >= 4 is 27.8 Å². The smallest absolute Gasteiger partial charge is 0.321 e. The Balaban J connectivity index is 1.65. The van der Waals surface area contributed by atoms with Gasteiger partial charge in [-0.05, 0) is 47.5 Å². The fourth-order valence-electron chi connectivity index (χ4n) is 3.11. The molecule has 3 aromatic carbocycles. The molecule has 0 aliphatic carbocycles. The predicted octanol–water partition coefficient (Wildman–Crippen LogP) is 3.64. The van der Waals surface area contributed by atoms with Crippen LogP contribution in [-0.4, -0.2) is 49.6 Å². The van der Waals surface area contributed by atoms with Crippen LogP contribution in [0.4, 0.5) is 0 Å². The first kappa shape index (κ1) is 24.8. The van der Waals surface area contributed by atoms with Crippen molar-refractivity contribution < 1.29 is 28.2 Å². The van der Waals surface area contributed by atoms with E-state index in [0.717, 1.165) is 16.0 Å². The fraction of sp³-hybridized carbons (Fsp3) is 0.208. The molecule has 0 aliphatic rings. The maximum Gasteiger partial charge on any atom is 0.321 e. The molecule has 7 nitrogen and oxygen atoms in total. The average molecular weight is 488 g/mol. The van der Waals surface area contributed by atoms with E-state index < -0.39 is 28.1 Å². The van der Waals surface area contributed by atoms with Crippen LogP contribution in [0.2, 0.25) is 0 Å². The first-order valence-electron chi connectivity index (χ1n) is 10.1. The Morgan fingerprint density at radius 2 is 1.55 bits per heavy atom. The lowest BCUT2D eigenvalue weighted by Gasteiger charge is -2.18. The molecule has 0 fully saturated rings. The second-order valence-corrected chi connectivity index (χ2v) is 10.1. The van der Waals surface area contributed by atoms with Gasteiger partial charge in [-0.25, -0.2) is 8.42 Å². The topological polar surface area (TPSA) is 113 Å². The minimum atomic E-state index is -4.10. The third kappa shape index (κ3) is 7.06. The number of aliphatic hydroxyl groups excluding tert-OH is 1. The molecular weight excluding hydrogens is 462 g/mol. The minimum Gasteiger partial charge on any atom is -0.497 e. The third-order valence-corrected chi connectivity index (χ3v) is 7.52.